The van der Waals surface area contributed by atoms with Gasteiger partial charge < -0.3 is 5.11 Å². The Balaban J connectivity index is 1.94. The first kappa shape index (κ1) is 22.3. The van der Waals surface area contributed by atoms with Crippen LogP contribution in [0.4, 0.5) is 11.4 Å². The van der Waals surface area contributed by atoms with Crippen molar-refractivity contribution in [2.45, 2.75) is 23.6 Å². The molecule has 0 atom stereocenters. The number of benzene rings is 3. The molecule has 3 rings (SSSR count). The van der Waals surface area contributed by atoms with Crippen LogP contribution in [0.5, 0.6) is 0 Å². The summed E-state index contributed by atoms with van der Waals surface area (Å²) in [5, 5.41) is 9.08. The highest BCUT2D eigenvalue weighted by Crippen LogP contribution is 2.25. The molecule has 3 aromatic rings. The minimum atomic E-state index is -4.15. The highest BCUT2D eigenvalue weighted by molar-refractivity contribution is 7.93. The van der Waals surface area contributed by atoms with Gasteiger partial charge in [0.1, 0.15) is 0 Å². The van der Waals surface area contributed by atoms with Gasteiger partial charge in [-0.2, -0.15) is 0 Å². The lowest BCUT2D eigenvalue weighted by molar-refractivity contribution is 0.0696. The number of hydrogen-bond donors (Lipinski definition) is 3. The lowest BCUT2D eigenvalue weighted by Crippen LogP contribution is -2.16. The second-order valence-electron chi connectivity index (χ2n) is 6.89. The molecule has 0 fully saturated rings. The van der Waals surface area contributed by atoms with Gasteiger partial charge in [0.25, 0.3) is 20.0 Å². The largest absolute Gasteiger partial charge is 0.478 e. The summed E-state index contributed by atoms with van der Waals surface area (Å²) in [5.41, 5.74) is 1.63. The highest BCUT2D eigenvalue weighted by Gasteiger charge is 2.20. The summed E-state index contributed by atoms with van der Waals surface area (Å²) in [7, 11) is -8.12. The quantitative estimate of drug-likeness (QED) is 0.494. The second-order valence-corrected chi connectivity index (χ2v) is 10.3. The molecule has 10 heteroatoms. The van der Waals surface area contributed by atoms with Crippen molar-refractivity contribution in [3.05, 3.63) is 83.4 Å². The molecule has 162 valence electrons. The molecule has 0 heterocycles. The molecule has 0 saturated carbocycles. The molecule has 0 aliphatic heterocycles. The molecule has 0 radical (unpaired) electrons. The molecule has 0 aliphatic rings. The van der Waals surface area contributed by atoms with E-state index < -0.39 is 26.0 Å². The van der Waals surface area contributed by atoms with Crippen molar-refractivity contribution < 1.29 is 26.7 Å². The second kappa shape index (κ2) is 8.40. The number of hydrogen-bond acceptors (Lipinski definition) is 5. The van der Waals surface area contributed by atoms with E-state index in [9.17, 15) is 21.6 Å². The van der Waals surface area contributed by atoms with Crippen LogP contribution < -0.4 is 9.44 Å². The van der Waals surface area contributed by atoms with Crippen molar-refractivity contribution in [2.75, 3.05) is 9.44 Å². The highest BCUT2D eigenvalue weighted by atomic mass is 32.2. The average Bonchev–Trinajstić information content (AvgIpc) is 2.69. The van der Waals surface area contributed by atoms with E-state index in [1.165, 1.54) is 36.4 Å². The number of carbonyl (C=O) groups is 1. The molecule has 3 aromatic carbocycles. The van der Waals surface area contributed by atoms with E-state index in [0.717, 1.165) is 11.6 Å². The van der Waals surface area contributed by atoms with Gasteiger partial charge in [-0.05, 0) is 67.4 Å². The molecular weight excluding hydrogens is 440 g/mol. The van der Waals surface area contributed by atoms with Crippen LogP contribution in [0, 0.1) is 13.8 Å². The summed E-state index contributed by atoms with van der Waals surface area (Å²) in [4.78, 5) is 10.7. The van der Waals surface area contributed by atoms with E-state index in [1.807, 2.05) is 13.0 Å². The van der Waals surface area contributed by atoms with Gasteiger partial charge in [0, 0.05) is 5.69 Å². The Kier molecular flexibility index (Phi) is 6.05. The van der Waals surface area contributed by atoms with E-state index in [1.54, 1.807) is 25.1 Å². The smallest absolute Gasteiger partial charge is 0.335 e. The number of nitrogens with one attached hydrogen (secondary N) is 2. The molecule has 0 bridgehead atoms. The van der Waals surface area contributed by atoms with Crippen molar-refractivity contribution in [1.82, 2.24) is 0 Å². The molecule has 0 spiro atoms. The van der Waals surface area contributed by atoms with Crippen LogP contribution in [-0.2, 0) is 20.0 Å². The molecule has 0 unspecified atom stereocenters. The number of anilines is 2. The summed E-state index contributed by atoms with van der Waals surface area (Å²) >= 11 is 0. The molecular formula is C21H20N2O6S2. The van der Waals surface area contributed by atoms with Crippen LogP contribution in [0.2, 0.25) is 0 Å². The summed E-state index contributed by atoms with van der Waals surface area (Å²) in [5.74, 6) is -1.26. The molecule has 0 amide bonds. The SMILES string of the molecule is Cc1cccc(NS(=O)(=O)c2ccc(C)c(NS(=O)(=O)c3cccc(C(=O)O)c3)c2)c1. The zero-order valence-corrected chi connectivity index (χ0v) is 18.3. The maximum atomic E-state index is 12.8. The van der Waals surface area contributed by atoms with Gasteiger partial charge in [-0.25, -0.2) is 21.6 Å². The zero-order chi connectivity index (χ0) is 22.8. The van der Waals surface area contributed by atoms with Gasteiger partial charge >= 0.3 is 5.97 Å². The topological polar surface area (TPSA) is 130 Å². The summed E-state index contributed by atoms with van der Waals surface area (Å²) in [6.07, 6.45) is 0. The van der Waals surface area contributed by atoms with Crippen molar-refractivity contribution >= 4 is 37.4 Å². The van der Waals surface area contributed by atoms with Gasteiger partial charge in [-0.1, -0.05) is 24.3 Å². The fraction of sp³-hybridized carbons (Fsp3) is 0.0952. The van der Waals surface area contributed by atoms with E-state index in [0.29, 0.717) is 11.3 Å². The number of sulfonamides is 2. The average molecular weight is 461 g/mol. The van der Waals surface area contributed by atoms with Gasteiger partial charge in [-0.15, -0.1) is 0 Å². The van der Waals surface area contributed by atoms with Crippen LogP contribution in [0.3, 0.4) is 0 Å². The first-order valence-electron chi connectivity index (χ1n) is 9.04. The molecule has 0 aromatic heterocycles. The number of carboxylic acid groups (broad SMARTS) is 1. The Morgan fingerprint density at radius 2 is 1.42 bits per heavy atom. The predicted octanol–water partition coefficient (Wildman–Crippen LogP) is 3.60. The molecule has 8 nitrogen and oxygen atoms in total. The van der Waals surface area contributed by atoms with Crippen molar-refractivity contribution in [3.8, 4) is 0 Å². The first-order chi connectivity index (χ1) is 14.5. The third-order valence-electron chi connectivity index (χ3n) is 4.43. The van der Waals surface area contributed by atoms with Crippen molar-refractivity contribution in [2.24, 2.45) is 0 Å². The lowest BCUT2D eigenvalue weighted by atomic mass is 10.2. The Morgan fingerprint density at radius 1 is 0.774 bits per heavy atom. The van der Waals surface area contributed by atoms with Gasteiger partial charge in [0.05, 0.1) is 21.0 Å². The van der Waals surface area contributed by atoms with E-state index in [4.69, 9.17) is 5.11 Å². The Hall–Kier alpha value is -3.37. The summed E-state index contributed by atoms with van der Waals surface area (Å²) in [6.45, 7) is 3.45. The standard InChI is InChI=1S/C21H20N2O6S2/c1-14-5-3-7-17(11-14)22-30(26,27)19-10-9-15(2)20(13-19)23-31(28,29)18-8-4-6-16(12-18)21(24)25/h3-13,22-23H,1-2H3,(H,24,25). The van der Waals surface area contributed by atoms with E-state index >= 15 is 0 Å². The maximum absolute atomic E-state index is 12.8. The predicted molar refractivity (Wildman–Crippen MR) is 117 cm³/mol. The monoisotopic (exact) mass is 460 g/mol. The summed E-state index contributed by atoms with van der Waals surface area (Å²) < 4.78 is 55.9. The van der Waals surface area contributed by atoms with Crippen LogP contribution in [0.15, 0.2) is 76.5 Å². The van der Waals surface area contributed by atoms with Crippen molar-refractivity contribution in [3.63, 3.8) is 0 Å². The number of aromatic carboxylic acids is 1. The van der Waals surface area contributed by atoms with Crippen LogP contribution >= 0.6 is 0 Å². The third kappa shape index (κ3) is 5.22. The van der Waals surface area contributed by atoms with Gasteiger partial charge in [0.2, 0.25) is 0 Å². The normalized spacial score (nSPS) is 11.7. The molecule has 31 heavy (non-hydrogen) atoms. The Bertz CT molecular complexity index is 1370. The Morgan fingerprint density at radius 3 is 2.10 bits per heavy atom. The molecule has 0 saturated heterocycles. The minimum absolute atomic E-state index is 0.0628. The molecule has 3 N–H and O–H groups in total. The summed E-state index contributed by atoms with van der Waals surface area (Å²) in [6, 6.07) is 15.8. The van der Waals surface area contributed by atoms with E-state index in [-0.39, 0.29) is 21.0 Å². The third-order valence-corrected chi connectivity index (χ3v) is 7.17. The van der Waals surface area contributed by atoms with Crippen molar-refractivity contribution in [1.29, 1.82) is 0 Å². The number of carboxylic acids is 1. The Labute approximate surface area is 180 Å². The lowest BCUT2D eigenvalue weighted by Gasteiger charge is -2.14. The number of rotatable bonds is 7. The maximum Gasteiger partial charge on any atom is 0.335 e. The fourth-order valence-corrected chi connectivity index (χ4v) is 5.04. The van der Waals surface area contributed by atoms with Gasteiger partial charge in [-0.3, -0.25) is 9.44 Å². The van der Waals surface area contributed by atoms with Crippen LogP contribution in [0.1, 0.15) is 21.5 Å². The van der Waals surface area contributed by atoms with Gasteiger partial charge in [0.15, 0.2) is 0 Å². The van der Waals surface area contributed by atoms with Crippen LogP contribution in [-0.4, -0.2) is 27.9 Å². The number of aryl methyl sites for hydroxylation is 2. The van der Waals surface area contributed by atoms with E-state index in [2.05, 4.69) is 9.44 Å². The zero-order valence-electron chi connectivity index (χ0n) is 16.7. The van der Waals surface area contributed by atoms with Crippen LogP contribution in [0.25, 0.3) is 0 Å². The first-order valence-corrected chi connectivity index (χ1v) is 12.0. The minimum Gasteiger partial charge on any atom is -0.478 e. The fourth-order valence-electron chi connectivity index (χ4n) is 2.80. The molecule has 0 aliphatic carbocycles.